The van der Waals surface area contributed by atoms with Crippen LogP contribution in [-0.2, 0) is 10.1 Å². The Balaban J connectivity index is 0. The fraction of sp³-hybridized carbons (Fsp3) is 0. The van der Waals surface area contributed by atoms with Crippen LogP contribution in [0.5, 0.6) is 5.75 Å². The first-order valence-corrected chi connectivity index (χ1v) is 4.73. The number of hydrogen-bond donors (Lipinski definition) is 1. The van der Waals surface area contributed by atoms with Crippen molar-refractivity contribution in [3.05, 3.63) is 23.8 Å². The van der Waals surface area contributed by atoms with Crippen LogP contribution in [0.4, 0.5) is 0 Å². The van der Waals surface area contributed by atoms with Crippen LogP contribution < -0.4 is 64.2 Å². The third-order valence-electron chi connectivity index (χ3n) is 1.45. The molecule has 16 heavy (non-hydrogen) atoms. The Morgan fingerprint density at radius 1 is 1.25 bits per heavy atom. The minimum atomic E-state index is -4.86. The van der Waals surface area contributed by atoms with Crippen LogP contribution in [-0.4, -0.2) is 24.0 Å². The van der Waals surface area contributed by atoms with Gasteiger partial charge in [-0.2, -0.15) is 0 Å². The van der Waals surface area contributed by atoms with Gasteiger partial charge in [-0.1, -0.05) is 12.1 Å². The minimum absolute atomic E-state index is 0. The standard InChI is InChI=1S/C7H6O6S.2Na/c8-4-1-2-6(14(11,12)13)5(3-4)7(9)10;;/h1-3,8H,(H,9,10)(H,11,12,13);;/q;2*+1/p-2. The molecule has 0 aliphatic heterocycles. The summed E-state index contributed by atoms with van der Waals surface area (Å²) in [5.74, 6) is -2.30. The van der Waals surface area contributed by atoms with Gasteiger partial charge in [-0.3, -0.25) is 0 Å². The van der Waals surface area contributed by atoms with Gasteiger partial charge in [-0.25, -0.2) is 13.2 Å². The van der Waals surface area contributed by atoms with Crippen molar-refractivity contribution in [2.45, 2.75) is 4.90 Å². The molecule has 0 saturated heterocycles. The second kappa shape index (κ2) is 6.97. The van der Waals surface area contributed by atoms with E-state index in [0.29, 0.717) is 12.1 Å². The van der Waals surface area contributed by atoms with Gasteiger partial charge in [0.25, 0.3) is 0 Å². The molecule has 0 saturated carbocycles. The molecule has 9 heteroatoms. The first-order valence-electron chi connectivity index (χ1n) is 3.32. The first kappa shape index (κ1) is 18.8. The third kappa shape index (κ3) is 4.72. The number of hydrogen-bond acceptors (Lipinski definition) is 5. The van der Waals surface area contributed by atoms with Gasteiger partial charge in [0.15, 0.2) is 0 Å². The molecule has 0 bridgehead atoms. The van der Waals surface area contributed by atoms with Crippen molar-refractivity contribution >= 4 is 16.1 Å². The van der Waals surface area contributed by atoms with E-state index in [0.717, 1.165) is 6.07 Å². The van der Waals surface area contributed by atoms with Crippen molar-refractivity contribution in [3.8, 4) is 5.75 Å². The van der Waals surface area contributed by atoms with Crippen LogP contribution in [0.25, 0.3) is 0 Å². The van der Waals surface area contributed by atoms with Crippen LogP contribution in [0.3, 0.4) is 0 Å². The summed E-state index contributed by atoms with van der Waals surface area (Å²) in [6, 6.07) is 2.10. The molecule has 0 spiro atoms. The first-order chi connectivity index (χ1) is 6.32. The molecular weight excluding hydrogens is 258 g/mol. The van der Waals surface area contributed by atoms with Crippen LogP contribution in [0.1, 0.15) is 10.4 Å². The van der Waals surface area contributed by atoms with Gasteiger partial charge < -0.3 is 14.8 Å². The molecule has 1 aromatic rings. The molecule has 0 heterocycles. The molecule has 0 aromatic heterocycles. The summed E-state index contributed by atoms with van der Waals surface area (Å²) in [4.78, 5) is 9.58. The SMILES string of the molecule is O=C(O)c1cc([O-])ccc1S(=O)(=O)[O-].[Na+].[Na+]. The van der Waals surface area contributed by atoms with E-state index < -0.39 is 32.3 Å². The number of rotatable bonds is 2. The Morgan fingerprint density at radius 3 is 2.12 bits per heavy atom. The molecule has 0 aliphatic carbocycles. The summed E-state index contributed by atoms with van der Waals surface area (Å²) in [5, 5.41) is 19.2. The molecule has 0 unspecified atom stereocenters. The Kier molecular flexibility index (Phi) is 8.17. The molecule has 6 nitrogen and oxygen atoms in total. The Bertz CT molecular complexity index is 484. The normalized spacial score (nSPS) is 9.81. The van der Waals surface area contributed by atoms with Crippen molar-refractivity contribution < 1.29 is 87.1 Å². The molecule has 76 valence electrons. The molecule has 0 amide bonds. The van der Waals surface area contributed by atoms with E-state index in [1.165, 1.54) is 0 Å². The average Bonchev–Trinajstić information content (AvgIpc) is 2.01. The number of aromatic carboxylic acids is 1. The molecule has 1 aromatic carbocycles. The van der Waals surface area contributed by atoms with Crippen molar-refractivity contribution in [2.24, 2.45) is 0 Å². The monoisotopic (exact) mass is 262 g/mol. The van der Waals surface area contributed by atoms with Crippen molar-refractivity contribution in [3.63, 3.8) is 0 Å². The van der Waals surface area contributed by atoms with Crippen molar-refractivity contribution in [1.82, 2.24) is 0 Å². The van der Waals surface area contributed by atoms with Crippen LogP contribution in [0.2, 0.25) is 0 Å². The van der Waals surface area contributed by atoms with Crippen LogP contribution in [0.15, 0.2) is 23.1 Å². The van der Waals surface area contributed by atoms with Crippen molar-refractivity contribution in [2.75, 3.05) is 0 Å². The van der Waals surface area contributed by atoms with Gasteiger partial charge in [-0.05, 0) is 6.07 Å². The van der Waals surface area contributed by atoms with E-state index in [4.69, 9.17) is 5.11 Å². The maximum absolute atomic E-state index is 10.7. The minimum Gasteiger partial charge on any atom is -0.872 e. The summed E-state index contributed by atoms with van der Waals surface area (Å²) < 4.78 is 31.6. The zero-order valence-corrected chi connectivity index (χ0v) is 13.4. The average molecular weight is 262 g/mol. The fourth-order valence-electron chi connectivity index (χ4n) is 0.894. The van der Waals surface area contributed by atoms with E-state index in [2.05, 4.69) is 0 Å². The van der Waals surface area contributed by atoms with Crippen LogP contribution in [0, 0.1) is 0 Å². The Morgan fingerprint density at radius 2 is 1.75 bits per heavy atom. The predicted octanol–water partition coefficient (Wildman–Crippen LogP) is -6.63. The second-order valence-corrected chi connectivity index (χ2v) is 3.77. The summed E-state index contributed by atoms with van der Waals surface area (Å²) in [5.41, 5.74) is -0.799. The number of carboxylic acids is 1. The van der Waals surface area contributed by atoms with Crippen molar-refractivity contribution in [1.29, 1.82) is 0 Å². The Hall–Kier alpha value is 0.400. The smallest absolute Gasteiger partial charge is 0.872 e. The van der Waals surface area contributed by atoms with E-state index in [1.54, 1.807) is 0 Å². The fourth-order valence-corrected chi connectivity index (χ4v) is 1.54. The van der Waals surface area contributed by atoms with Gasteiger partial charge in [0, 0.05) is 0 Å². The molecule has 0 atom stereocenters. The topological polar surface area (TPSA) is 118 Å². The number of benzene rings is 1. The summed E-state index contributed by atoms with van der Waals surface area (Å²) >= 11 is 0. The summed E-state index contributed by atoms with van der Waals surface area (Å²) in [6.07, 6.45) is 0. The summed E-state index contributed by atoms with van der Waals surface area (Å²) in [6.45, 7) is 0. The predicted molar refractivity (Wildman–Crippen MR) is 40.8 cm³/mol. The van der Waals surface area contributed by atoms with Gasteiger partial charge >= 0.3 is 65.1 Å². The second-order valence-electron chi connectivity index (χ2n) is 2.42. The maximum atomic E-state index is 10.7. The van der Waals surface area contributed by atoms with Gasteiger partial charge in [0.1, 0.15) is 10.1 Å². The number of carboxylic acid groups (broad SMARTS) is 1. The zero-order chi connectivity index (χ0) is 10.9. The van der Waals surface area contributed by atoms with Gasteiger partial charge in [0.05, 0.1) is 10.5 Å². The molecule has 0 aliphatic rings. The maximum Gasteiger partial charge on any atom is 1.00 e. The van der Waals surface area contributed by atoms with E-state index in [-0.39, 0.29) is 59.1 Å². The summed E-state index contributed by atoms with van der Waals surface area (Å²) in [7, 11) is -4.86. The van der Waals surface area contributed by atoms with Gasteiger partial charge in [-0.15, -0.1) is 5.75 Å². The molecule has 0 radical (unpaired) electrons. The Labute approximate surface area is 136 Å². The van der Waals surface area contributed by atoms with E-state index >= 15 is 0 Å². The quantitative estimate of drug-likeness (QED) is 0.418. The zero-order valence-electron chi connectivity index (χ0n) is 8.63. The van der Waals surface area contributed by atoms with Gasteiger partial charge in [0.2, 0.25) is 0 Å². The number of carbonyl (C=O) groups is 1. The van der Waals surface area contributed by atoms with E-state index in [9.17, 15) is 22.9 Å². The molecular formula is C7H4Na2O6S. The van der Waals surface area contributed by atoms with E-state index in [1.807, 2.05) is 0 Å². The molecule has 1 N–H and O–H groups in total. The van der Waals surface area contributed by atoms with Crippen LogP contribution >= 0.6 is 0 Å². The third-order valence-corrected chi connectivity index (χ3v) is 2.35. The largest absolute Gasteiger partial charge is 1.00 e. The molecule has 0 fully saturated rings. The molecule has 1 rings (SSSR count).